The minimum absolute atomic E-state index is 0.132. The summed E-state index contributed by atoms with van der Waals surface area (Å²) in [7, 11) is 1.50. The number of hydrogen-bond donors (Lipinski definition) is 1. The van der Waals surface area contributed by atoms with Gasteiger partial charge in [0.1, 0.15) is 22.9 Å². The van der Waals surface area contributed by atoms with E-state index in [1.54, 1.807) is 25.1 Å². The number of amides is 1. The van der Waals surface area contributed by atoms with Crippen molar-refractivity contribution < 1.29 is 9.53 Å². The molecule has 0 aliphatic rings. The number of ether oxygens (including phenoxy) is 1. The molecule has 0 atom stereocenters. The van der Waals surface area contributed by atoms with Crippen molar-refractivity contribution in [2.24, 2.45) is 0 Å². The largest absolute Gasteiger partial charge is 0.495 e. The lowest BCUT2D eigenvalue weighted by atomic mass is 10.2. The van der Waals surface area contributed by atoms with E-state index < -0.39 is 0 Å². The first kappa shape index (κ1) is 18.4. The molecule has 3 rings (SSSR count). The van der Waals surface area contributed by atoms with Crippen LogP contribution in [0, 0.1) is 20.8 Å². The second kappa shape index (κ2) is 7.09. The van der Waals surface area contributed by atoms with Crippen LogP contribution in [0.4, 0.5) is 5.69 Å². The number of methoxy groups -OCH3 is 1. The van der Waals surface area contributed by atoms with Crippen LogP contribution in [0.25, 0.3) is 10.2 Å². The van der Waals surface area contributed by atoms with Crippen molar-refractivity contribution in [2.75, 3.05) is 12.4 Å². The molecule has 26 heavy (non-hydrogen) atoms. The van der Waals surface area contributed by atoms with Crippen LogP contribution < -0.4 is 15.6 Å². The van der Waals surface area contributed by atoms with E-state index in [1.807, 2.05) is 13.8 Å². The zero-order chi connectivity index (χ0) is 19.0. The number of fused-ring (bicyclic) bond motifs is 1. The Kier molecular flexibility index (Phi) is 5.02. The number of thiophene rings is 1. The van der Waals surface area contributed by atoms with Crippen LogP contribution >= 0.6 is 22.9 Å². The number of nitrogens with zero attached hydrogens (tertiary/aromatic N) is 2. The Morgan fingerprint density at radius 1 is 1.31 bits per heavy atom. The maximum Gasteiger partial charge on any atom is 0.262 e. The molecule has 2 aromatic heterocycles. The molecular weight excluding hydrogens is 374 g/mol. The Hall–Kier alpha value is -2.38. The van der Waals surface area contributed by atoms with E-state index in [-0.39, 0.29) is 18.0 Å². The van der Waals surface area contributed by atoms with Crippen molar-refractivity contribution in [1.29, 1.82) is 0 Å². The van der Waals surface area contributed by atoms with Crippen molar-refractivity contribution in [2.45, 2.75) is 27.3 Å². The fourth-order valence-electron chi connectivity index (χ4n) is 2.69. The van der Waals surface area contributed by atoms with E-state index in [9.17, 15) is 9.59 Å². The van der Waals surface area contributed by atoms with Crippen molar-refractivity contribution >= 4 is 44.7 Å². The SMILES string of the molecule is COc1cc(Cl)c(C)cc1NC(=O)Cn1c(C)nc2sc(C)cc2c1=O. The Balaban J connectivity index is 1.91. The molecule has 8 heteroatoms. The number of carbonyl (C=O) groups excluding carboxylic acids is 1. The quantitative estimate of drug-likeness (QED) is 0.736. The first-order valence-corrected chi connectivity index (χ1v) is 9.11. The summed E-state index contributed by atoms with van der Waals surface area (Å²) < 4.78 is 6.64. The first-order valence-electron chi connectivity index (χ1n) is 7.91. The molecule has 0 unspecified atom stereocenters. The summed E-state index contributed by atoms with van der Waals surface area (Å²) in [4.78, 5) is 31.3. The number of nitrogens with one attached hydrogen (secondary N) is 1. The van der Waals surface area contributed by atoms with Gasteiger partial charge in [0.25, 0.3) is 5.56 Å². The highest BCUT2D eigenvalue weighted by Gasteiger charge is 2.15. The van der Waals surface area contributed by atoms with Gasteiger partial charge in [-0.1, -0.05) is 11.6 Å². The minimum Gasteiger partial charge on any atom is -0.495 e. The van der Waals surface area contributed by atoms with Gasteiger partial charge in [0.15, 0.2) is 0 Å². The molecule has 0 aliphatic carbocycles. The fourth-order valence-corrected chi connectivity index (χ4v) is 3.76. The summed E-state index contributed by atoms with van der Waals surface area (Å²) in [6.45, 7) is 5.35. The molecule has 0 saturated carbocycles. The van der Waals surface area contributed by atoms with E-state index in [0.717, 1.165) is 10.4 Å². The highest BCUT2D eigenvalue weighted by Crippen LogP contribution is 2.31. The lowest BCUT2D eigenvalue weighted by Crippen LogP contribution is -2.30. The second-order valence-electron chi connectivity index (χ2n) is 5.98. The molecular formula is C18H18ClN3O3S. The average Bonchev–Trinajstić information content (AvgIpc) is 2.95. The monoisotopic (exact) mass is 391 g/mol. The lowest BCUT2D eigenvalue weighted by Gasteiger charge is -2.13. The lowest BCUT2D eigenvalue weighted by molar-refractivity contribution is -0.116. The molecule has 2 heterocycles. The standard InChI is InChI=1S/C18H18ClN3O3S/c1-9-5-14(15(25-4)7-13(9)19)21-16(23)8-22-11(3)20-17-12(18(22)24)6-10(2)26-17/h5-7H,8H2,1-4H3,(H,21,23). The van der Waals surface area contributed by atoms with Crippen molar-refractivity contribution in [3.63, 3.8) is 0 Å². The van der Waals surface area contributed by atoms with Crippen LogP contribution in [0.1, 0.15) is 16.3 Å². The Bertz CT molecular complexity index is 1070. The van der Waals surface area contributed by atoms with Gasteiger partial charge in [0.2, 0.25) is 5.91 Å². The summed E-state index contributed by atoms with van der Waals surface area (Å²) in [6.07, 6.45) is 0. The zero-order valence-electron chi connectivity index (χ0n) is 14.8. The smallest absolute Gasteiger partial charge is 0.262 e. The number of aromatic nitrogens is 2. The minimum atomic E-state index is -0.344. The average molecular weight is 392 g/mol. The zero-order valence-corrected chi connectivity index (χ0v) is 16.4. The van der Waals surface area contributed by atoms with Crippen LogP contribution in [-0.2, 0) is 11.3 Å². The molecule has 0 aliphatic heterocycles. The van der Waals surface area contributed by atoms with Gasteiger partial charge in [0, 0.05) is 16.0 Å². The van der Waals surface area contributed by atoms with Gasteiger partial charge in [0.05, 0.1) is 18.2 Å². The third-order valence-corrected chi connectivity index (χ3v) is 5.37. The van der Waals surface area contributed by atoms with Gasteiger partial charge in [-0.05, 0) is 38.5 Å². The van der Waals surface area contributed by atoms with E-state index in [2.05, 4.69) is 10.3 Å². The molecule has 136 valence electrons. The summed E-state index contributed by atoms with van der Waals surface area (Å²) in [5, 5.41) is 3.86. The third-order valence-electron chi connectivity index (χ3n) is 4.02. The second-order valence-corrected chi connectivity index (χ2v) is 7.62. The molecule has 0 radical (unpaired) electrons. The number of rotatable bonds is 4. The van der Waals surface area contributed by atoms with Crippen molar-refractivity contribution in [3.8, 4) is 5.75 Å². The summed E-state index contributed by atoms with van der Waals surface area (Å²) in [5.74, 6) is 0.613. The summed E-state index contributed by atoms with van der Waals surface area (Å²) in [5.41, 5.74) is 1.10. The van der Waals surface area contributed by atoms with E-state index in [0.29, 0.717) is 32.5 Å². The van der Waals surface area contributed by atoms with Crippen LogP contribution in [0.15, 0.2) is 23.0 Å². The summed E-state index contributed by atoms with van der Waals surface area (Å²) >= 11 is 7.55. The molecule has 0 fully saturated rings. The molecule has 1 aromatic carbocycles. The van der Waals surface area contributed by atoms with E-state index in [1.165, 1.54) is 23.0 Å². The normalized spacial score (nSPS) is 11.0. The van der Waals surface area contributed by atoms with Gasteiger partial charge in [-0.2, -0.15) is 0 Å². The van der Waals surface area contributed by atoms with Crippen LogP contribution in [0.5, 0.6) is 5.75 Å². The van der Waals surface area contributed by atoms with Gasteiger partial charge in [-0.3, -0.25) is 14.2 Å². The number of benzene rings is 1. The Morgan fingerprint density at radius 3 is 2.73 bits per heavy atom. The number of aryl methyl sites for hydroxylation is 3. The highest BCUT2D eigenvalue weighted by molar-refractivity contribution is 7.18. The van der Waals surface area contributed by atoms with Gasteiger partial charge < -0.3 is 10.1 Å². The highest BCUT2D eigenvalue weighted by atomic mass is 35.5. The number of anilines is 1. The molecule has 1 N–H and O–H groups in total. The first-order chi connectivity index (χ1) is 12.3. The number of halogens is 1. The molecule has 6 nitrogen and oxygen atoms in total. The maximum atomic E-state index is 12.7. The van der Waals surface area contributed by atoms with E-state index in [4.69, 9.17) is 16.3 Å². The van der Waals surface area contributed by atoms with Crippen molar-refractivity contribution in [1.82, 2.24) is 9.55 Å². The Labute approximate surface area is 159 Å². The topological polar surface area (TPSA) is 73.2 Å². The Morgan fingerprint density at radius 2 is 2.04 bits per heavy atom. The molecule has 0 saturated heterocycles. The predicted molar refractivity (Wildman–Crippen MR) is 105 cm³/mol. The van der Waals surface area contributed by atoms with Crippen molar-refractivity contribution in [3.05, 3.63) is 49.8 Å². The fraction of sp³-hybridized carbons (Fsp3) is 0.278. The van der Waals surface area contributed by atoms with Gasteiger partial charge in [-0.25, -0.2) is 4.98 Å². The number of carbonyl (C=O) groups is 1. The predicted octanol–water partition coefficient (Wildman–Crippen LogP) is 3.68. The van der Waals surface area contributed by atoms with Crippen LogP contribution in [-0.4, -0.2) is 22.6 Å². The summed E-state index contributed by atoms with van der Waals surface area (Å²) in [6, 6.07) is 5.18. The van der Waals surface area contributed by atoms with Gasteiger partial charge >= 0.3 is 0 Å². The van der Waals surface area contributed by atoms with Gasteiger partial charge in [-0.15, -0.1) is 11.3 Å². The third kappa shape index (κ3) is 3.45. The molecule has 3 aromatic rings. The van der Waals surface area contributed by atoms with Crippen LogP contribution in [0.2, 0.25) is 5.02 Å². The maximum absolute atomic E-state index is 12.7. The van der Waals surface area contributed by atoms with E-state index >= 15 is 0 Å². The molecule has 1 amide bonds. The molecule has 0 bridgehead atoms. The molecule has 0 spiro atoms. The van der Waals surface area contributed by atoms with Crippen LogP contribution in [0.3, 0.4) is 0 Å². The number of hydrogen-bond acceptors (Lipinski definition) is 5.